The second kappa shape index (κ2) is 5.91. The summed E-state index contributed by atoms with van der Waals surface area (Å²) in [5.74, 6) is 1.62. The summed E-state index contributed by atoms with van der Waals surface area (Å²) >= 11 is 0. The lowest BCUT2D eigenvalue weighted by atomic mass is 9.93. The second-order valence-electron chi connectivity index (χ2n) is 6.57. The average Bonchev–Trinajstić information content (AvgIpc) is 2.89. The molecule has 3 N–H and O–H groups in total. The molecule has 0 unspecified atom stereocenters. The molecule has 2 heterocycles. The van der Waals surface area contributed by atoms with Crippen LogP contribution in [0.2, 0.25) is 0 Å². The quantitative estimate of drug-likeness (QED) is 0.873. The number of aromatic amines is 1. The maximum Gasteiger partial charge on any atom is 0.293 e. The van der Waals surface area contributed by atoms with Crippen molar-refractivity contribution in [3.05, 3.63) is 11.6 Å². The van der Waals surface area contributed by atoms with Crippen LogP contribution in [-0.2, 0) is 5.41 Å². The minimum absolute atomic E-state index is 0.0667. The van der Waals surface area contributed by atoms with Crippen LogP contribution in [0.4, 0.5) is 0 Å². The van der Waals surface area contributed by atoms with Crippen molar-refractivity contribution in [3.8, 4) is 0 Å². The zero-order valence-electron chi connectivity index (χ0n) is 12.6. The third kappa shape index (κ3) is 3.36. The van der Waals surface area contributed by atoms with Gasteiger partial charge in [-0.05, 0) is 31.7 Å². The maximum absolute atomic E-state index is 12.4. The molecule has 0 bridgehead atoms. The first-order valence-corrected chi connectivity index (χ1v) is 7.34. The van der Waals surface area contributed by atoms with Crippen LogP contribution in [0.1, 0.15) is 56.5 Å². The van der Waals surface area contributed by atoms with E-state index in [1.807, 2.05) is 25.7 Å². The van der Waals surface area contributed by atoms with Crippen molar-refractivity contribution >= 4 is 5.91 Å². The minimum atomic E-state index is -0.125. The molecule has 0 radical (unpaired) electrons. The molecule has 0 atom stereocenters. The van der Waals surface area contributed by atoms with Crippen molar-refractivity contribution < 1.29 is 4.79 Å². The molecule has 0 aliphatic carbocycles. The first kappa shape index (κ1) is 15.0. The molecule has 1 saturated heterocycles. The highest BCUT2D eigenvalue weighted by atomic mass is 16.2. The van der Waals surface area contributed by atoms with Gasteiger partial charge in [-0.2, -0.15) is 0 Å². The zero-order valence-corrected chi connectivity index (χ0v) is 12.6. The number of nitrogens with one attached hydrogen (secondary N) is 1. The Balaban J connectivity index is 1.97. The van der Waals surface area contributed by atoms with Crippen molar-refractivity contribution in [1.82, 2.24) is 20.1 Å². The molecule has 0 spiro atoms. The van der Waals surface area contributed by atoms with E-state index in [0.29, 0.717) is 5.92 Å². The predicted molar refractivity (Wildman–Crippen MR) is 77.4 cm³/mol. The maximum atomic E-state index is 12.4. The van der Waals surface area contributed by atoms with Gasteiger partial charge in [0.05, 0.1) is 0 Å². The van der Waals surface area contributed by atoms with Crippen molar-refractivity contribution in [3.63, 3.8) is 0 Å². The first-order valence-electron chi connectivity index (χ1n) is 7.34. The fourth-order valence-electron chi connectivity index (χ4n) is 2.49. The summed E-state index contributed by atoms with van der Waals surface area (Å²) in [6.07, 6.45) is 3.11. The van der Waals surface area contributed by atoms with Gasteiger partial charge in [0.1, 0.15) is 5.82 Å². The molecule has 20 heavy (non-hydrogen) atoms. The van der Waals surface area contributed by atoms with Gasteiger partial charge in [0.2, 0.25) is 5.82 Å². The molecule has 112 valence electrons. The van der Waals surface area contributed by atoms with Crippen molar-refractivity contribution in [2.24, 2.45) is 11.7 Å². The first-order chi connectivity index (χ1) is 9.41. The number of hydrogen-bond acceptors (Lipinski definition) is 4. The van der Waals surface area contributed by atoms with Gasteiger partial charge in [0, 0.05) is 18.5 Å². The summed E-state index contributed by atoms with van der Waals surface area (Å²) in [4.78, 5) is 18.5. The third-order valence-electron chi connectivity index (χ3n) is 3.86. The fourth-order valence-corrected chi connectivity index (χ4v) is 2.49. The Morgan fingerprint density at radius 2 is 2.05 bits per heavy atom. The topological polar surface area (TPSA) is 87.9 Å². The van der Waals surface area contributed by atoms with Crippen LogP contribution in [0.25, 0.3) is 0 Å². The molecule has 6 nitrogen and oxygen atoms in total. The summed E-state index contributed by atoms with van der Waals surface area (Å²) in [5, 5.41) is 6.94. The molecule has 1 aromatic rings. The van der Waals surface area contributed by atoms with Gasteiger partial charge in [-0.15, -0.1) is 5.10 Å². The van der Waals surface area contributed by atoms with E-state index in [1.165, 1.54) is 0 Å². The van der Waals surface area contributed by atoms with Gasteiger partial charge in [0.15, 0.2) is 0 Å². The van der Waals surface area contributed by atoms with Crippen LogP contribution in [0.5, 0.6) is 0 Å². The zero-order chi connectivity index (χ0) is 14.8. The normalized spacial score (nSPS) is 17.5. The van der Waals surface area contributed by atoms with Gasteiger partial charge < -0.3 is 10.6 Å². The predicted octanol–water partition coefficient (Wildman–Crippen LogP) is 1.30. The number of piperidine rings is 1. The highest BCUT2D eigenvalue weighted by molar-refractivity contribution is 5.90. The van der Waals surface area contributed by atoms with E-state index in [2.05, 4.69) is 15.2 Å². The van der Waals surface area contributed by atoms with Crippen LogP contribution < -0.4 is 5.73 Å². The van der Waals surface area contributed by atoms with Gasteiger partial charge in [-0.25, -0.2) is 4.98 Å². The monoisotopic (exact) mass is 279 g/mol. The number of nitrogens with two attached hydrogens (primary N) is 1. The van der Waals surface area contributed by atoms with Crippen molar-refractivity contribution in [2.45, 2.75) is 45.4 Å². The number of nitrogens with zero attached hydrogens (tertiary/aromatic N) is 3. The molecule has 6 heteroatoms. The molecule has 1 fully saturated rings. The number of H-pyrrole nitrogens is 1. The Morgan fingerprint density at radius 1 is 1.40 bits per heavy atom. The van der Waals surface area contributed by atoms with Crippen molar-refractivity contribution in [1.29, 1.82) is 0 Å². The number of rotatable bonds is 3. The summed E-state index contributed by atoms with van der Waals surface area (Å²) in [6, 6.07) is 0. The minimum Gasteiger partial charge on any atom is -0.336 e. The summed E-state index contributed by atoms with van der Waals surface area (Å²) in [7, 11) is 0. The van der Waals surface area contributed by atoms with Crippen LogP contribution in [-0.4, -0.2) is 45.6 Å². The molecule has 1 amide bonds. The SMILES string of the molecule is CC(C)(C)c1nc(C(=O)N2CCC(CCN)CC2)n[nH]1. The Hall–Kier alpha value is -1.43. The number of carbonyl (C=O) groups is 1. The van der Waals surface area contributed by atoms with Crippen molar-refractivity contribution in [2.75, 3.05) is 19.6 Å². The Kier molecular flexibility index (Phi) is 4.42. The Morgan fingerprint density at radius 3 is 2.55 bits per heavy atom. The molecular formula is C14H25N5O. The standard InChI is InChI=1S/C14H25N5O/c1-14(2,3)13-16-11(17-18-13)12(20)19-8-5-10(4-7-15)6-9-19/h10H,4-9,15H2,1-3H3,(H,16,17,18). The van der Waals surface area contributed by atoms with Gasteiger partial charge in [-0.3, -0.25) is 9.89 Å². The summed E-state index contributed by atoms with van der Waals surface area (Å²) in [5.41, 5.74) is 5.46. The lowest BCUT2D eigenvalue weighted by Gasteiger charge is -2.31. The van der Waals surface area contributed by atoms with E-state index in [0.717, 1.165) is 44.7 Å². The number of hydrogen-bond donors (Lipinski definition) is 2. The number of carbonyl (C=O) groups excluding carboxylic acids is 1. The molecule has 1 aromatic heterocycles. The van der Waals surface area contributed by atoms with Gasteiger partial charge >= 0.3 is 0 Å². The van der Waals surface area contributed by atoms with Gasteiger partial charge in [-0.1, -0.05) is 20.8 Å². The fraction of sp³-hybridized carbons (Fsp3) is 0.786. The van der Waals surface area contributed by atoms with E-state index in [1.54, 1.807) is 0 Å². The van der Waals surface area contributed by atoms with E-state index in [9.17, 15) is 4.79 Å². The number of aromatic nitrogens is 3. The van der Waals surface area contributed by atoms with E-state index >= 15 is 0 Å². The van der Waals surface area contributed by atoms with Gasteiger partial charge in [0.25, 0.3) is 5.91 Å². The number of likely N-dealkylation sites (tertiary alicyclic amines) is 1. The van der Waals surface area contributed by atoms with Crippen LogP contribution >= 0.6 is 0 Å². The lowest BCUT2D eigenvalue weighted by Crippen LogP contribution is -2.39. The highest BCUT2D eigenvalue weighted by Gasteiger charge is 2.27. The second-order valence-corrected chi connectivity index (χ2v) is 6.57. The van der Waals surface area contributed by atoms with E-state index in [-0.39, 0.29) is 17.1 Å². The van der Waals surface area contributed by atoms with Crippen LogP contribution in [0.15, 0.2) is 0 Å². The summed E-state index contributed by atoms with van der Waals surface area (Å²) < 4.78 is 0. The lowest BCUT2D eigenvalue weighted by molar-refractivity contribution is 0.0676. The molecule has 1 aliphatic heterocycles. The molecule has 0 saturated carbocycles. The molecule has 0 aromatic carbocycles. The van der Waals surface area contributed by atoms with E-state index in [4.69, 9.17) is 5.73 Å². The molecule has 1 aliphatic rings. The molecular weight excluding hydrogens is 254 g/mol. The largest absolute Gasteiger partial charge is 0.336 e. The Labute approximate surface area is 120 Å². The highest BCUT2D eigenvalue weighted by Crippen LogP contribution is 2.22. The third-order valence-corrected chi connectivity index (χ3v) is 3.86. The van der Waals surface area contributed by atoms with Crippen LogP contribution in [0.3, 0.4) is 0 Å². The Bertz CT molecular complexity index is 454. The summed E-state index contributed by atoms with van der Waals surface area (Å²) in [6.45, 7) is 8.42. The van der Waals surface area contributed by atoms with Crippen LogP contribution in [0, 0.1) is 5.92 Å². The average molecular weight is 279 g/mol. The smallest absolute Gasteiger partial charge is 0.293 e. The number of amides is 1. The van der Waals surface area contributed by atoms with E-state index < -0.39 is 0 Å². The molecule has 2 rings (SSSR count).